The minimum absolute atomic E-state index is 0.0163. The Labute approximate surface area is 105 Å². The second-order valence-corrected chi connectivity index (χ2v) is 4.14. The number of rotatable bonds is 4. The lowest BCUT2D eigenvalue weighted by molar-refractivity contribution is -0.131. The van der Waals surface area contributed by atoms with Crippen molar-refractivity contribution < 1.29 is 14.7 Å². The molecule has 1 saturated heterocycles. The smallest absolute Gasteiger partial charge is 0.328 e. The van der Waals surface area contributed by atoms with Crippen LogP contribution in [0.25, 0.3) is 6.08 Å². The van der Waals surface area contributed by atoms with Crippen molar-refractivity contribution in [1.29, 1.82) is 0 Å². The minimum atomic E-state index is -0.982. The largest absolute Gasteiger partial charge is 0.478 e. The molecule has 0 aromatic heterocycles. The second kappa shape index (κ2) is 5.46. The Morgan fingerprint density at radius 3 is 2.44 bits per heavy atom. The van der Waals surface area contributed by atoms with Gasteiger partial charge in [0, 0.05) is 24.9 Å². The molecule has 1 aliphatic rings. The maximum Gasteiger partial charge on any atom is 0.328 e. The van der Waals surface area contributed by atoms with Crippen LogP contribution in [0.4, 0.5) is 5.69 Å². The third-order valence-electron chi connectivity index (χ3n) is 2.75. The van der Waals surface area contributed by atoms with Crippen LogP contribution < -0.4 is 10.6 Å². The molecule has 1 aromatic rings. The van der Waals surface area contributed by atoms with Crippen LogP contribution in [0.3, 0.4) is 0 Å². The molecule has 18 heavy (non-hydrogen) atoms. The Hall–Kier alpha value is -2.14. The van der Waals surface area contributed by atoms with E-state index in [4.69, 9.17) is 5.11 Å². The Morgan fingerprint density at radius 1 is 1.28 bits per heavy atom. The zero-order valence-corrected chi connectivity index (χ0v) is 9.72. The first-order chi connectivity index (χ1) is 8.65. The summed E-state index contributed by atoms with van der Waals surface area (Å²) in [6.07, 6.45) is 2.58. The van der Waals surface area contributed by atoms with Gasteiger partial charge in [-0.25, -0.2) is 4.79 Å². The minimum Gasteiger partial charge on any atom is -0.478 e. The van der Waals surface area contributed by atoms with Crippen molar-refractivity contribution in [1.82, 2.24) is 5.32 Å². The van der Waals surface area contributed by atoms with Gasteiger partial charge in [0.1, 0.15) is 0 Å². The summed E-state index contributed by atoms with van der Waals surface area (Å²) in [5.74, 6) is -0.913. The number of carboxylic acids is 1. The second-order valence-electron chi connectivity index (χ2n) is 4.14. The van der Waals surface area contributed by atoms with Crippen molar-refractivity contribution in [3.8, 4) is 0 Å². The van der Waals surface area contributed by atoms with Gasteiger partial charge in [-0.1, -0.05) is 12.1 Å². The van der Waals surface area contributed by atoms with Crippen molar-refractivity contribution in [3.63, 3.8) is 0 Å². The molecule has 94 valence electrons. The molecule has 0 bridgehead atoms. The van der Waals surface area contributed by atoms with Gasteiger partial charge in [0.15, 0.2) is 0 Å². The Bertz CT molecular complexity index is 476. The van der Waals surface area contributed by atoms with E-state index >= 15 is 0 Å². The fourth-order valence-electron chi connectivity index (χ4n) is 1.56. The number of carboxylic acid groups (broad SMARTS) is 1. The molecular weight excluding hydrogens is 232 g/mol. The third-order valence-corrected chi connectivity index (χ3v) is 2.75. The highest BCUT2D eigenvalue weighted by Crippen LogP contribution is 2.13. The molecule has 5 nitrogen and oxygen atoms in total. The highest BCUT2D eigenvalue weighted by molar-refractivity contribution is 5.93. The molecule has 0 unspecified atom stereocenters. The molecule has 1 heterocycles. The molecular formula is C13H14N2O3. The maximum absolute atomic E-state index is 11.7. The summed E-state index contributed by atoms with van der Waals surface area (Å²) >= 11 is 0. The summed E-state index contributed by atoms with van der Waals surface area (Å²) in [5, 5.41) is 14.3. The molecule has 0 radical (unpaired) electrons. The van der Waals surface area contributed by atoms with E-state index < -0.39 is 5.97 Å². The van der Waals surface area contributed by atoms with E-state index in [0.717, 1.165) is 30.4 Å². The summed E-state index contributed by atoms with van der Waals surface area (Å²) in [5.41, 5.74) is 1.50. The number of hydrogen-bond donors (Lipinski definition) is 3. The first kappa shape index (κ1) is 12.3. The number of carbonyl (C=O) groups is 2. The Kier molecular flexibility index (Phi) is 3.74. The van der Waals surface area contributed by atoms with E-state index in [1.165, 1.54) is 6.08 Å². The van der Waals surface area contributed by atoms with Crippen LogP contribution in [0.15, 0.2) is 30.3 Å². The summed E-state index contributed by atoms with van der Waals surface area (Å²) < 4.78 is 0. The van der Waals surface area contributed by atoms with Crippen LogP contribution >= 0.6 is 0 Å². The van der Waals surface area contributed by atoms with Gasteiger partial charge in [0.05, 0.1) is 5.92 Å². The van der Waals surface area contributed by atoms with Crippen LogP contribution in [-0.4, -0.2) is 30.1 Å². The van der Waals surface area contributed by atoms with Crippen LogP contribution in [0, 0.1) is 5.92 Å². The maximum atomic E-state index is 11.7. The Morgan fingerprint density at radius 2 is 1.94 bits per heavy atom. The van der Waals surface area contributed by atoms with Crippen molar-refractivity contribution in [3.05, 3.63) is 35.9 Å². The van der Waals surface area contributed by atoms with Crippen LogP contribution in [-0.2, 0) is 9.59 Å². The lowest BCUT2D eigenvalue weighted by Gasteiger charge is -2.25. The summed E-state index contributed by atoms with van der Waals surface area (Å²) in [6, 6.07) is 7.03. The number of carbonyl (C=O) groups excluding carboxylic acids is 1. The normalized spacial score (nSPS) is 15.3. The lowest BCUT2D eigenvalue weighted by Crippen LogP contribution is -2.48. The summed E-state index contributed by atoms with van der Waals surface area (Å²) in [7, 11) is 0. The van der Waals surface area contributed by atoms with E-state index in [1.54, 1.807) is 24.3 Å². The standard InChI is InChI=1S/C13H14N2O3/c16-12(17)6-3-9-1-4-11(5-2-9)15-13(18)10-7-14-8-10/h1-6,10,14H,7-8H2,(H,15,18)(H,16,17)/b6-3+. The molecule has 0 saturated carbocycles. The molecule has 0 spiro atoms. The first-order valence-electron chi connectivity index (χ1n) is 5.68. The molecule has 0 aliphatic carbocycles. The number of hydrogen-bond acceptors (Lipinski definition) is 3. The lowest BCUT2D eigenvalue weighted by atomic mass is 10.0. The average molecular weight is 246 g/mol. The zero-order valence-electron chi connectivity index (χ0n) is 9.72. The topological polar surface area (TPSA) is 78.4 Å². The fraction of sp³-hybridized carbons (Fsp3) is 0.231. The number of amides is 1. The molecule has 3 N–H and O–H groups in total. The van der Waals surface area contributed by atoms with Gasteiger partial charge in [0.2, 0.25) is 5.91 Å². The number of anilines is 1. The van der Waals surface area contributed by atoms with Crippen molar-refractivity contribution in [2.45, 2.75) is 0 Å². The van der Waals surface area contributed by atoms with E-state index in [9.17, 15) is 9.59 Å². The molecule has 5 heteroatoms. The van der Waals surface area contributed by atoms with Crippen molar-refractivity contribution in [2.24, 2.45) is 5.92 Å². The van der Waals surface area contributed by atoms with Crippen LogP contribution in [0.2, 0.25) is 0 Å². The number of aliphatic carboxylic acids is 1. The quantitative estimate of drug-likeness (QED) is 0.691. The molecule has 0 atom stereocenters. The number of nitrogens with one attached hydrogen (secondary N) is 2. The van der Waals surface area contributed by atoms with Gasteiger partial charge in [-0.15, -0.1) is 0 Å². The van der Waals surface area contributed by atoms with Crippen LogP contribution in [0.1, 0.15) is 5.56 Å². The van der Waals surface area contributed by atoms with Gasteiger partial charge in [-0.2, -0.15) is 0 Å². The fourth-order valence-corrected chi connectivity index (χ4v) is 1.56. The van der Waals surface area contributed by atoms with E-state index in [0.29, 0.717) is 0 Å². The van der Waals surface area contributed by atoms with Gasteiger partial charge >= 0.3 is 5.97 Å². The molecule has 1 aliphatic heterocycles. The number of benzene rings is 1. The first-order valence-corrected chi connectivity index (χ1v) is 5.68. The average Bonchev–Trinajstić information content (AvgIpc) is 2.25. The SMILES string of the molecule is O=C(O)/C=C/c1ccc(NC(=O)C2CNC2)cc1. The highest BCUT2D eigenvalue weighted by Gasteiger charge is 2.24. The summed E-state index contributed by atoms with van der Waals surface area (Å²) in [6.45, 7) is 1.45. The zero-order chi connectivity index (χ0) is 13.0. The van der Waals surface area contributed by atoms with Gasteiger partial charge in [0.25, 0.3) is 0 Å². The van der Waals surface area contributed by atoms with Crippen molar-refractivity contribution in [2.75, 3.05) is 18.4 Å². The van der Waals surface area contributed by atoms with Gasteiger partial charge in [-0.05, 0) is 23.8 Å². The third kappa shape index (κ3) is 3.18. The molecule has 1 amide bonds. The van der Waals surface area contributed by atoms with Crippen LogP contribution in [0.5, 0.6) is 0 Å². The monoisotopic (exact) mass is 246 g/mol. The summed E-state index contributed by atoms with van der Waals surface area (Å²) in [4.78, 5) is 22.0. The van der Waals surface area contributed by atoms with E-state index in [-0.39, 0.29) is 11.8 Å². The predicted octanol–water partition coefficient (Wildman–Crippen LogP) is 0.942. The molecule has 1 fully saturated rings. The van der Waals surface area contributed by atoms with Crippen molar-refractivity contribution >= 4 is 23.6 Å². The van der Waals surface area contributed by atoms with Gasteiger partial charge in [-0.3, -0.25) is 4.79 Å². The van der Waals surface area contributed by atoms with E-state index in [2.05, 4.69) is 10.6 Å². The molecule has 2 rings (SSSR count). The Balaban J connectivity index is 1.94. The predicted molar refractivity (Wildman–Crippen MR) is 68.1 cm³/mol. The highest BCUT2D eigenvalue weighted by atomic mass is 16.4. The molecule has 1 aromatic carbocycles. The van der Waals surface area contributed by atoms with E-state index in [1.807, 2.05) is 0 Å². The van der Waals surface area contributed by atoms with Gasteiger partial charge < -0.3 is 15.7 Å².